The third kappa shape index (κ3) is 3.70. The lowest BCUT2D eigenvalue weighted by Gasteiger charge is -2.26. The van der Waals surface area contributed by atoms with Gasteiger partial charge in [0, 0.05) is 25.7 Å². The molecule has 154 valence electrons. The fourth-order valence-corrected chi connectivity index (χ4v) is 3.86. The first kappa shape index (κ1) is 19.8. The molecular formula is C23H24N4O3. The van der Waals surface area contributed by atoms with Crippen LogP contribution in [0.3, 0.4) is 0 Å². The van der Waals surface area contributed by atoms with Crippen molar-refractivity contribution in [1.82, 2.24) is 15.5 Å². The van der Waals surface area contributed by atoms with Gasteiger partial charge < -0.3 is 9.84 Å². The van der Waals surface area contributed by atoms with E-state index in [1.54, 1.807) is 19.3 Å². The molecule has 1 aliphatic rings. The van der Waals surface area contributed by atoms with Crippen molar-refractivity contribution in [2.45, 2.75) is 32.2 Å². The first-order chi connectivity index (χ1) is 14.5. The maximum absolute atomic E-state index is 13.1. The Bertz CT molecular complexity index is 1060. The highest BCUT2D eigenvalue weighted by Gasteiger charge is 2.39. The molecule has 1 aromatic carbocycles. The predicted octanol–water partition coefficient (Wildman–Crippen LogP) is 3.18. The van der Waals surface area contributed by atoms with Gasteiger partial charge in [-0.05, 0) is 29.0 Å². The molecular weight excluding hydrogens is 380 g/mol. The molecule has 1 aliphatic heterocycles. The van der Waals surface area contributed by atoms with Crippen molar-refractivity contribution in [1.29, 1.82) is 0 Å². The molecule has 0 saturated heterocycles. The quantitative estimate of drug-likeness (QED) is 0.722. The lowest BCUT2D eigenvalue weighted by molar-refractivity contribution is -0.121. The van der Waals surface area contributed by atoms with E-state index >= 15 is 0 Å². The monoisotopic (exact) mass is 404 g/mol. The molecule has 2 aromatic heterocycles. The first-order valence-electron chi connectivity index (χ1n) is 9.98. The number of pyridine rings is 1. The van der Waals surface area contributed by atoms with E-state index in [1.807, 2.05) is 56.3 Å². The summed E-state index contributed by atoms with van der Waals surface area (Å²) in [6, 6.07) is 14.6. The van der Waals surface area contributed by atoms with E-state index in [0.29, 0.717) is 18.0 Å². The number of carbonyl (C=O) groups is 2. The Morgan fingerprint density at radius 3 is 2.70 bits per heavy atom. The maximum Gasteiger partial charge on any atom is 0.274 e. The highest BCUT2D eigenvalue weighted by molar-refractivity contribution is 6.02. The standard InChI is InChI=1S/C23H24N4O3/c1-14-15(2)20(23(29)27(3)21-18(14)10-7-11-24-21)25-22(28)19-13-17(30-26-19)12-16-8-5-4-6-9-16/h4-11,13-15,20H,12H2,1-3H3,(H,25,28)/t14-,15+,20+/m0/s1. The number of amides is 2. The van der Waals surface area contributed by atoms with Crippen LogP contribution >= 0.6 is 0 Å². The van der Waals surface area contributed by atoms with E-state index < -0.39 is 11.9 Å². The smallest absolute Gasteiger partial charge is 0.274 e. The number of carbonyl (C=O) groups excluding carboxylic acids is 2. The third-order valence-corrected chi connectivity index (χ3v) is 5.84. The van der Waals surface area contributed by atoms with Crippen LogP contribution in [-0.4, -0.2) is 35.0 Å². The molecule has 0 unspecified atom stereocenters. The summed E-state index contributed by atoms with van der Waals surface area (Å²) in [6.07, 6.45) is 2.21. The fourth-order valence-electron chi connectivity index (χ4n) is 3.86. The predicted molar refractivity (Wildman–Crippen MR) is 112 cm³/mol. The second kappa shape index (κ2) is 8.10. The largest absolute Gasteiger partial charge is 0.360 e. The minimum atomic E-state index is -0.694. The summed E-state index contributed by atoms with van der Waals surface area (Å²) in [5, 5.41) is 6.77. The Kier molecular flexibility index (Phi) is 5.35. The number of benzene rings is 1. The van der Waals surface area contributed by atoms with Gasteiger partial charge in [0.1, 0.15) is 17.6 Å². The molecule has 0 bridgehead atoms. The van der Waals surface area contributed by atoms with Crippen LogP contribution in [0.25, 0.3) is 0 Å². The van der Waals surface area contributed by atoms with Crippen LogP contribution < -0.4 is 10.2 Å². The second-order valence-corrected chi connectivity index (χ2v) is 7.75. The normalized spacial score (nSPS) is 21.1. The average molecular weight is 404 g/mol. The van der Waals surface area contributed by atoms with E-state index in [0.717, 1.165) is 11.1 Å². The summed E-state index contributed by atoms with van der Waals surface area (Å²) in [4.78, 5) is 31.8. The zero-order valence-electron chi connectivity index (χ0n) is 17.2. The molecule has 0 radical (unpaired) electrons. The van der Waals surface area contributed by atoms with Gasteiger partial charge in [0.05, 0.1) is 0 Å². The first-order valence-corrected chi connectivity index (χ1v) is 9.98. The number of rotatable bonds is 4. The van der Waals surface area contributed by atoms with Crippen molar-refractivity contribution in [2.75, 3.05) is 11.9 Å². The van der Waals surface area contributed by atoms with Crippen molar-refractivity contribution in [3.8, 4) is 0 Å². The van der Waals surface area contributed by atoms with Crippen molar-refractivity contribution in [2.24, 2.45) is 5.92 Å². The molecule has 3 aromatic rings. The van der Waals surface area contributed by atoms with Crippen LogP contribution in [0.1, 0.15) is 47.1 Å². The van der Waals surface area contributed by atoms with Gasteiger partial charge in [-0.15, -0.1) is 0 Å². The zero-order valence-corrected chi connectivity index (χ0v) is 17.2. The lowest BCUT2D eigenvalue weighted by atomic mass is 9.85. The van der Waals surface area contributed by atoms with Gasteiger partial charge in [-0.2, -0.15) is 0 Å². The van der Waals surface area contributed by atoms with Crippen LogP contribution in [-0.2, 0) is 11.2 Å². The SMILES string of the molecule is C[C@@H]1[C@H](C)c2cccnc2N(C)C(=O)[C@@H]1NC(=O)c1cc(Cc2ccccc2)on1. The molecule has 30 heavy (non-hydrogen) atoms. The molecule has 1 N–H and O–H groups in total. The van der Waals surface area contributed by atoms with Crippen molar-refractivity contribution >= 4 is 17.6 Å². The van der Waals surface area contributed by atoms with E-state index in [2.05, 4.69) is 15.5 Å². The van der Waals surface area contributed by atoms with E-state index in [9.17, 15) is 9.59 Å². The summed E-state index contributed by atoms with van der Waals surface area (Å²) in [6.45, 7) is 4.01. The summed E-state index contributed by atoms with van der Waals surface area (Å²) in [5.41, 5.74) is 2.22. The minimum absolute atomic E-state index is 0.0406. The van der Waals surface area contributed by atoms with Crippen molar-refractivity contribution in [3.63, 3.8) is 0 Å². The summed E-state index contributed by atoms with van der Waals surface area (Å²) in [7, 11) is 1.69. The number of nitrogens with zero attached hydrogens (tertiary/aromatic N) is 3. The van der Waals surface area contributed by atoms with Gasteiger partial charge in [-0.25, -0.2) is 4.98 Å². The Hall–Kier alpha value is -3.48. The van der Waals surface area contributed by atoms with Gasteiger partial charge in [0.2, 0.25) is 0 Å². The van der Waals surface area contributed by atoms with E-state index in [-0.39, 0.29) is 23.4 Å². The number of anilines is 1. The van der Waals surface area contributed by atoms with Crippen LogP contribution in [0.4, 0.5) is 5.82 Å². The van der Waals surface area contributed by atoms with Gasteiger partial charge >= 0.3 is 0 Å². The van der Waals surface area contributed by atoms with Crippen LogP contribution in [0.2, 0.25) is 0 Å². The summed E-state index contributed by atoms with van der Waals surface area (Å²) < 4.78 is 5.33. The molecule has 2 amide bonds. The van der Waals surface area contributed by atoms with Crippen LogP contribution in [0.15, 0.2) is 59.3 Å². The van der Waals surface area contributed by atoms with Crippen LogP contribution in [0.5, 0.6) is 0 Å². The van der Waals surface area contributed by atoms with Crippen molar-refractivity contribution < 1.29 is 14.1 Å². The molecule has 0 fully saturated rings. The zero-order chi connectivity index (χ0) is 21.3. The number of nitrogens with one attached hydrogen (secondary N) is 1. The molecule has 3 atom stereocenters. The van der Waals surface area contributed by atoms with Gasteiger partial charge in [0.25, 0.3) is 11.8 Å². The third-order valence-electron chi connectivity index (χ3n) is 5.84. The number of hydrogen-bond acceptors (Lipinski definition) is 5. The molecule has 0 saturated carbocycles. The number of aromatic nitrogens is 2. The summed E-state index contributed by atoms with van der Waals surface area (Å²) in [5.74, 6) is 0.513. The Balaban J connectivity index is 1.52. The van der Waals surface area contributed by atoms with Crippen LogP contribution in [0, 0.1) is 5.92 Å². The maximum atomic E-state index is 13.1. The topological polar surface area (TPSA) is 88.3 Å². The Labute approximate surface area is 175 Å². The molecule has 7 heteroatoms. The number of likely N-dealkylation sites (N-methyl/N-ethyl adjacent to an activating group) is 1. The van der Waals surface area contributed by atoms with Crippen molar-refractivity contribution in [3.05, 3.63) is 77.3 Å². The molecule has 4 rings (SSSR count). The fraction of sp³-hybridized carbons (Fsp3) is 0.304. The van der Waals surface area contributed by atoms with Gasteiger partial charge in [-0.1, -0.05) is 55.4 Å². The van der Waals surface area contributed by atoms with Gasteiger partial charge in [0.15, 0.2) is 5.69 Å². The second-order valence-electron chi connectivity index (χ2n) is 7.75. The molecule has 7 nitrogen and oxygen atoms in total. The summed E-state index contributed by atoms with van der Waals surface area (Å²) >= 11 is 0. The lowest BCUT2D eigenvalue weighted by Crippen LogP contribution is -2.50. The Morgan fingerprint density at radius 2 is 1.93 bits per heavy atom. The van der Waals surface area contributed by atoms with Gasteiger partial charge in [-0.3, -0.25) is 14.5 Å². The van der Waals surface area contributed by atoms with E-state index in [4.69, 9.17) is 4.52 Å². The molecule has 0 spiro atoms. The molecule has 3 heterocycles. The number of hydrogen-bond donors (Lipinski definition) is 1. The molecule has 0 aliphatic carbocycles. The number of fused-ring (bicyclic) bond motifs is 1. The highest BCUT2D eigenvalue weighted by Crippen LogP contribution is 2.36. The minimum Gasteiger partial charge on any atom is -0.360 e. The van der Waals surface area contributed by atoms with E-state index in [1.165, 1.54) is 4.90 Å². The average Bonchev–Trinajstić information content (AvgIpc) is 3.22. The Morgan fingerprint density at radius 1 is 1.17 bits per heavy atom. The highest BCUT2D eigenvalue weighted by atomic mass is 16.5.